The van der Waals surface area contributed by atoms with Crippen LogP contribution in [-0.4, -0.2) is 17.0 Å². The second-order valence-corrected chi connectivity index (χ2v) is 4.33. The zero-order valence-electron chi connectivity index (χ0n) is 10.3. The van der Waals surface area contributed by atoms with Crippen molar-refractivity contribution in [2.45, 2.75) is 6.54 Å². The Hall–Kier alpha value is -2.13. The highest BCUT2D eigenvalue weighted by atomic mass is 14.8. The topological polar surface area (TPSA) is 40.7 Å². The van der Waals surface area contributed by atoms with Crippen LogP contribution in [0.15, 0.2) is 48.8 Å². The molecule has 0 spiro atoms. The van der Waals surface area contributed by atoms with Gasteiger partial charge in [0.25, 0.3) is 0 Å². The van der Waals surface area contributed by atoms with Crippen molar-refractivity contribution in [3.05, 3.63) is 54.4 Å². The number of nitrogens with one attached hydrogen (secondary N) is 2. The van der Waals surface area contributed by atoms with Crippen LogP contribution in [0, 0.1) is 0 Å². The van der Waals surface area contributed by atoms with E-state index in [0.29, 0.717) is 0 Å². The number of hydrogen-bond donors (Lipinski definition) is 2. The van der Waals surface area contributed by atoms with Gasteiger partial charge >= 0.3 is 0 Å². The fourth-order valence-corrected chi connectivity index (χ4v) is 2.22. The number of fused-ring (bicyclic) bond motifs is 1. The summed E-state index contributed by atoms with van der Waals surface area (Å²) in [5, 5.41) is 4.32. The van der Waals surface area contributed by atoms with E-state index in [1.165, 1.54) is 22.1 Å². The molecule has 0 radical (unpaired) electrons. The van der Waals surface area contributed by atoms with Crippen molar-refractivity contribution >= 4 is 11.0 Å². The zero-order chi connectivity index (χ0) is 12.4. The van der Waals surface area contributed by atoms with Crippen molar-refractivity contribution in [1.82, 2.24) is 15.3 Å². The molecule has 0 saturated heterocycles. The first-order valence-corrected chi connectivity index (χ1v) is 6.04. The molecule has 2 aromatic heterocycles. The van der Waals surface area contributed by atoms with Crippen LogP contribution in [0.4, 0.5) is 0 Å². The van der Waals surface area contributed by atoms with Gasteiger partial charge in [-0.1, -0.05) is 24.3 Å². The Balaban J connectivity index is 2.06. The van der Waals surface area contributed by atoms with Crippen molar-refractivity contribution in [3.8, 4) is 11.1 Å². The molecule has 0 atom stereocenters. The molecule has 2 heterocycles. The van der Waals surface area contributed by atoms with Gasteiger partial charge in [-0.15, -0.1) is 0 Å². The van der Waals surface area contributed by atoms with Crippen LogP contribution < -0.4 is 5.32 Å². The largest absolute Gasteiger partial charge is 0.346 e. The van der Waals surface area contributed by atoms with E-state index in [4.69, 9.17) is 0 Å². The standard InChI is InChI=1S/C15H15N3/c1-16-10-11-2-4-12(5-3-11)13-6-8-17-15-14(13)7-9-18-15/h2-9,16H,10H2,1H3,(H,17,18). The Labute approximate surface area is 106 Å². The lowest BCUT2D eigenvalue weighted by molar-refractivity contribution is 0.818. The average molecular weight is 237 g/mol. The van der Waals surface area contributed by atoms with Gasteiger partial charge in [-0.05, 0) is 35.9 Å². The maximum Gasteiger partial charge on any atom is 0.137 e. The average Bonchev–Trinajstić information content (AvgIpc) is 2.88. The molecule has 18 heavy (non-hydrogen) atoms. The third kappa shape index (κ3) is 1.89. The van der Waals surface area contributed by atoms with Gasteiger partial charge in [0.05, 0.1) is 0 Å². The van der Waals surface area contributed by atoms with Crippen LogP contribution in [0.5, 0.6) is 0 Å². The second kappa shape index (κ2) is 4.63. The predicted octanol–water partition coefficient (Wildman–Crippen LogP) is 2.95. The number of pyridine rings is 1. The van der Waals surface area contributed by atoms with E-state index in [1.54, 1.807) is 0 Å². The zero-order valence-corrected chi connectivity index (χ0v) is 10.3. The van der Waals surface area contributed by atoms with Gasteiger partial charge in [-0.25, -0.2) is 4.98 Å². The van der Waals surface area contributed by atoms with Crippen molar-refractivity contribution in [1.29, 1.82) is 0 Å². The summed E-state index contributed by atoms with van der Waals surface area (Å²) in [4.78, 5) is 7.45. The summed E-state index contributed by atoms with van der Waals surface area (Å²) in [6.07, 6.45) is 3.77. The van der Waals surface area contributed by atoms with E-state index >= 15 is 0 Å². The molecule has 3 aromatic rings. The highest BCUT2D eigenvalue weighted by Crippen LogP contribution is 2.26. The Bertz CT molecular complexity index is 653. The number of aromatic amines is 1. The predicted molar refractivity (Wildman–Crippen MR) is 74.3 cm³/mol. The summed E-state index contributed by atoms with van der Waals surface area (Å²) < 4.78 is 0. The molecule has 0 saturated carbocycles. The fourth-order valence-electron chi connectivity index (χ4n) is 2.22. The van der Waals surface area contributed by atoms with Crippen LogP contribution in [0.1, 0.15) is 5.56 Å². The van der Waals surface area contributed by atoms with Gasteiger partial charge in [0.15, 0.2) is 0 Å². The molecular weight excluding hydrogens is 222 g/mol. The minimum Gasteiger partial charge on any atom is -0.346 e. The Morgan fingerprint density at radius 1 is 1.11 bits per heavy atom. The Morgan fingerprint density at radius 3 is 2.72 bits per heavy atom. The molecule has 90 valence electrons. The molecule has 0 bridgehead atoms. The van der Waals surface area contributed by atoms with Crippen LogP contribution >= 0.6 is 0 Å². The second-order valence-electron chi connectivity index (χ2n) is 4.33. The highest BCUT2D eigenvalue weighted by molar-refractivity contribution is 5.92. The summed E-state index contributed by atoms with van der Waals surface area (Å²) in [5.41, 5.74) is 4.67. The maximum atomic E-state index is 4.31. The third-order valence-corrected chi connectivity index (χ3v) is 3.11. The molecule has 0 aliphatic heterocycles. The molecular formula is C15H15N3. The molecule has 0 unspecified atom stereocenters. The Morgan fingerprint density at radius 2 is 1.94 bits per heavy atom. The molecule has 0 aliphatic rings. The quantitative estimate of drug-likeness (QED) is 0.735. The van der Waals surface area contributed by atoms with Crippen molar-refractivity contribution in [2.24, 2.45) is 0 Å². The lowest BCUT2D eigenvalue weighted by Gasteiger charge is -2.05. The van der Waals surface area contributed by atoms with Gasteiger partial charge in [0.2, 0.25) is 0 Å². The molecule has 0 amide bonds. The number of hydrogen-bond acceptors (Lipinski definition) is 2. The number of H-pyrrole nitrogens is 1. The van der Waals surface area contributed by atoms with Crippen molar-refractivity contribution in [3.63, 3.8) is 0 Å². The van der Waals surface area contributed by atoms with E-state index in [1.807, 2.05) is 19.4 Å². The summed E-state index contributed by atoms with van der Waals surface area (Å²) in [6, 6.07) is 12.8. The molecule has 2 N–H and O–H groups in total. The first-order chi connectivity index (χ1) is 8.88. The van der Waals surface area contributed by atoms with E-state index in [9.17, 15) is 0 Å². The van der Waals surface area contributed by atoms with Crippen LogP contribution in [0.3, 0.4) is 0 Å². The summed E-state index contributed by atoms with van der Waals surface area (Å²) in [5.74, 6) is 0. The van der Waals surface area contributed by atoms with E-state index < -0.39 is 0 Å². The number of nitrogens with zero attached hydrogens (tertiary/aromatic N) is 1. The SMILES string of the molecule is CNCc1ccc(-c2ccnc3[nH]ccc23)cc1. The smallest absolute Gasteiger partial charge is 0.137 e. The van der Waals surface area contributed by atoms with Crippen LogP contribution in [0.25, 0.3) is 22.2 Å². The van der Waals surface area contributed by atoms with Gasteiger partial charge in [-0.2, -0.15) is 0 Å². The molecule has 3 rings (SSSR count). The molecule has 3 heteroatoms. The van der Waals surface area contributed by atoms with Gasteiger partial charge in [0.1, 0.15) is 5.65 Å². The minimum atomic E-state index is 0.899. The van der Waals surface area contributed by atoms with Crippen LogP contribution in [-0.2, 0) is 6.54 Å². The summed E-state index contributed by atoms with van der Waals surface area (Å²) >= 11 is 0. The Kier molecular flexibility index (Phi) is 2.82. The normalized spacial score (nSPS) is 10.9. The van der Waals surface area contributed by atoms with Gasteiger partial charge in [-0.3, -0.25) is 0 Å². The summed E-state index contributed by atoms with van der Waals surface area (Å²) in [6.45, 7) is 0.899. The first kappa shape index (κ1) is 11.0. The first-order valence-electron chi connectivity index (χ1n) is 6.04. The van der Waals surface area contributed by atoms with Crippen LogP contribution in [0.2, 0.25) is 0 Å². The van der Waals surface area contributed by atoms with E-state index in [-0.39, 0.29) is 0 Å². The molecule has 0 aliphatic carbocycles. The van der Waals surface area contributed by atoms with Gasteiger partial charge < -0.3 is 10.3 Å². The van der Waals surface area contributed by atoms with Crippen molar-refractivity contribution in [2.75, 3.05) is 7.05 Å². The van der Waals surface area contributed by atoms with Crippen molar-refractivity contribution < 1.29 is 0 Å². The molecule has 3 nitrogen and oxygen atoms in total. The van der Waals surface area contributed by atoms with E-state index in [2.05, 4.69) is 51.7 Å². The third-order valence-electron chi connectivity index (χ3n) is 3.11. The maximum absolute atomic E-state index is 4.31. The lowest BCUT2D eigenvalue weighted by Crippen LogP contribution is -2.04. The van der Waals surface area contributed by atoms with Gasteiger partial charge in [0, 0.05) is 24.3 Å². The summed E-state index contributed by atoms with van der Waals surface area (Å²) in [7, 11) is 1.96. The molecule has 1 aromatic carbocycles. The fraction of sp³-hybridized carbons (Fsp3) is 0.133. The number of aromatic nitrogens is 2. The monoisotopic (exact) mass is 237 g/mol. The number of benzene rings is 1. The lowest BCUT2D eigenvalue weighted by atomic mass is 10.0. The number of rotatable bonds is 3. The van der Waals surface area contributed by atoms with E-state index in [0.717, 1.165) is 12.2 Å². The highest BCUT2D eigenvalue weighted by Gasteiger charge is 2.04. The molecule has 0 fully saturated rings. The minimum absolute atomic E-state index is 0.899.